The van der Waals surface area contributed by atoms with Crippen LogP contribution in [0.1, 0.15) is 24.0 Å². The molecule has 27 heavy (non-hydrogen) atoms. The summed E-state index contributed by atoms with van der Waals surface area (Å²) < 4.78 is 5.50. The zero-order valence-corrected chi connectivity index (χ0v) is 15.6. The number of likely N-dealkylation sites (tertiary alicyclic amines) is 1. The zero-order valence-electron chi connectivity index (χ0n) is 15.6. The van der Waals surface area contributed by atoms with Crippen LogP contribution in [0.5, 0.6) is 5.75 Å². The van der Waals surface area contributed by atoms with Crippen molar-refractivity contribution in [2.24, 2.45) is 35.5 Å². The lowest BCUT2D eigenvalue weighted by atomic mass is 9.63. The molecule has 6 atom stereocenters. The molecular weight excluding hydrogens is 342 g/mol. The molecule has 0 aromatic heterocycles. The first kappa shape index (κ1) is 16.7. The lowest BCUT2D eigenvalue weighted by Gasteiger charge is -2.37. The Labute approximate surface area is 158 Å². The number of para-hydroxylation sites is 1. The third-order valence-electron chi connectivity index (χ3n) is 6.92. The molecule has 4 aliphatic carbocycles. The summed E-state index contributed by atoms with van der Waals surface area (Å²) in [6, 6.07) is 5.70. The van der Waals surface area contributed by atoms with E-state index in [1.54, 1.807) is 0 Å². The maximum Gasteiger partial charge on any atom is 0.313 e. The maximum atomic E-state index is 12.9. The third-order valence-corrected chi connectivity index (χ3v) is 6.92. The topological polar surface area (TPSA) is 63.7 Å². The van der Waals surface area contributed by atoms with Gasteiger partial charge >= 0.3 is 5.97 Å². The predicted octanol–water partition coefficient (Wildman–Crippen LogP) is 2.65. The first-order chi connectivity index (χ1) is 13.0. The number of hydrogen-bond donors (Lipinski definition) is 0. The van der Waals surface area contributed by atoms with E-state index in [-0.39, 0.29) is 48.5 Å². The smallest absolute Gasteiger partial charge is 0.313 e. The number of aryl methyl sites for hydroxylation is 2. The van der Waals surface area contributed by atoms with Gasteiger partial charge in [0.1, 0.15) is 5.75 Å². The van der Waals surface area contributed by atoms with Crippen LogP contribution in [0.25, 0.3) is 0 Å². The number of benzene rings is 1. The number of imide groups is 1. The van der Waals surface area contributed by atoms with E-state index in [1.165, 1.54) is 4.90 Å². The molecule has 1 aliphatic heterocycles. The maximum absolute atomic E-state index is 12.9. The third kappa shape index (κ3) is 2.40. The second-order valence-electron chi connectivity index (χ2n) is 8.43. The monoisotopic (exact) mass is 365 g/mol. The fourth-order valence-electron chi connectivity index (χ4n) is 5.57. The molecule has 2 amide bonds. The lowest BCUT2D eigenvalue weighted by Crippen LogP contribution is -2.40. The van der Waals surface area contributed by atoms with Gasteiger partial charge in [-0.2, -0.15) is 0 Å². The molecule has 0 unspecified atom stereocenters. The fourth-order valence-corrected chi connectivity index (χ4v) is 5.57. The molecule has 0 radical (unpaired) electrons. The van der Waals surface area contributed by atoms with Gasteiger partial charge in [0.25, 0.3) is 0 Å². The van der Waals surface area contributed by atoms with Crippen LogP contribution in [0.3, 0.4) is 0 Å². The minimum absolute atomic E-state index is 0.0281. The van der Waals surface area contributed by atoms with Gasteiger partial charge in [0.05, 0.1) is 18.3 Å². The number of carbonyl (C=O) groups excluding carboxylic acids is 3. The highest BCUT2D eigenvalue weighted by Gasteiger charge is 2.66. The number of ether oxygens (including phenoxy) is 1. The van der Waals surface area contributed by atoms with Gasteiger partial charge in [-0.3, -0.25) is 19.3 Å². The van der Waals surface area contributed by atoms with Crippen molar-refractivity contribution in [1.29, 1.82) is 0 Å². The average Bonchev–Trinajstić information content (AvgIpc) is 3.42. The van der Waals surface area contributed by atoms with Gasteiger partial charge in [0.15, 0.2) is 0 Å². The summed E-state index contributed by atoms with van der Waals surface area (Å²) in [6.45, 7) is 3.90. The van der Waals surface area contributed by atoms with Gasteiger partial charge in [-0.15, -0.1) is 0 Å². The Balaban J connectivity index is 1.26. The summed E-state index contributed by atoms with van der Waals surface area (Å²) in [5.41, 5.74) is 1.79. The Morgan fingerprint density at radius 1 is 1.04 bits per heavy atom. The molecule has 2 saturated carbocycles. The summed E-state index contributed by atoms with van der Waals surface area (Å²) in [4.78, 5) is 39.4. The van der Waals surface area contributed by atoms with E-state index in [0.29, 0.717) is 17.6 Å². The van der Waals surface area contributed by atoms with Crippen molar-refractivity contribution in [3.05, 3.63) is 41.5 Å². The van der Waals surface area contributed by atoms with Crippen LogP contribution in [-0.4, -0.2) is 29.2 Å². The number of nitrogens with zero attached hydrogens (tertiary/aromatic N) is 1. The standard InChI is InChI=1S/C22H23NO4/c1-11-4-3-5-12(2)20(11)27-17(24)8-9-23-21(25)18-13-6-7-14(16-10-15(13)16)19(18)22(23)26/h3-7,13-16,18-19H,8-10H2,1-2H3/t13-,14+,15-,16+,18-,19+. The summed E-state index contributed by atoms with van der Waals surface area (Å²) in [6.07, 6.45) is 5.49. The van der Waals surface area contributed by atoms with Crippen molar-refractivity contribution >= 4 is 17.8 Å². The highest BCUT2D eigenvalue weighted by Crippen LogP contribution is 2.65. The molecule has 5 heteroatoms. The van der Waals surface area contributed by atoms with E-state index < -0.39 is 5.97 Å². The number of carbonyl (C=O) groups is 3. The van der Waals surface area contributed by atoms with Crippen molar-refractivity contribution in [2.75, 3.05) is 6.54 Å². The largest absolute Gasteiger partial charge is 0.426 e. The highest BCUT2D eigenvalue weighted by molar-refractivity contribution is 6.06. The first-order valence-electron chi connectivity index (χ1n) is 9.78. The Morgan fingerprint density at radius 3 is 2.15 bits per heavy atom. The molecule has 1 heterocycles. The normalized spacial score (nSPS) is 35.3. The van der Waals surface area contributed by atoms with E-state index in [0.717, 1.165) is 17.5 Å². The average molecular weight is 365 g/mol. The molecular formula is C22H23NO4. The van der Waals surface area contributed by atoms with E-state index in [4.69, 9.17) is 4.74 Å². The van der Waals surface area contributed by atoms with Crippen LogP contribution in [0.2, 0.25) is 0 Å². The van der Waals surface area contributed by atoms with Crippen molar-refractivity contribution in [1.82, 2.24) is 4.90 Å². The number of hydrogen-bond acceptors (Lipinski definition) is 4. The Bertz CT molecular complexity index is 832. The molecule has 140 valence electrons. The molecule has 5 nitrogen and oxygen atoms in total. The van der Waals surface area contributed by atoms with Crippen molar-refractivity contribution in [3.63, 3.8) is 0 Å². The quantitative estimate of drug-likeness (QED) is 0.356. The number of rotatable bonds is 4. The summed E-state index contributed by atoms with van der Waals surface area (Å²) >= 11 is 0. The first-order valence-corrected chi connectivity index (χ1v) is 9.78. The number of amides is 2. The number of allylic oxidation sites excluding steroid dienone is 2. The van der Waals surface area contributed by atoms with Crippen LogP contribution >= 0.6 is 0 Å². The Kier molecular flexibility index (Phi) is 3.58. The minimum Gasteiger partial charge on any atom is -0.426 e. The molecule has 6 rings (SSSR count). The van der Waals surface area contributed by atoms with E-state index in [1.807, 2.05) is 32.0 Å². The van der Waals surface area contributed by atoms with E-state index in [9.17, 15) is 14.4 Å². The zero-order chi connectivity index (χ0) is 18.9. The van der Waals surface area contributed by atoms with Gasteiger partial charge < -0.3 is 4.74 Å². The van der Waals surface area contributed by atoms with Crippen LogP contribution < -0.4 is 4.74 Å². The Hall–Kier alpha value is -2.43. The summed E-state index contributed by atoms with van der Waals surface area (Å²) in [7, 11) is 0. The van der Waals surface area contributed by atoms with Crippen LogP contribution in [0, 0.1) is 49.4 Å². The molecule has 1 saturated heterocycles. The molecule has 2 bridgehead atoms. The van der Waals surface area contributed by atoms with Crippen molar-refractivity contribution in [2.45, 2.75) is 26.7 Å². The molecule has 5 aliphatic rings. The Morgan fingerprint density at radius 2 is 1.59 bits per heavy atom. The van der Waals surface area contributed by atoms with E-state index in [2.05, 4.69) is 12.2 Å². The second kappa shape index (κ2) is 5.78. The summed E-state index contributed by atoms with van der Waals surface area (Å²) in [5, 5.41) is 0. The molecule has 3 fully saturated rings. The molecule has 0 spiro atoms. The number of esters is 1. The van der Waals surface area contributed by atoms with Gasteiger partial charge in [-0.25, -0.2) is 0 Å². The lowest BCUT2D eigenvalue weighted by molar-refractivity contribution is -0.141. The van der Waals surface area contributed by atoms with Gasteiger partial charge in [-0.1, -0.05) is 30.4 Å². The van der Waals surface area contributed by atoms with Crippen molar-refractivity contribution < 1.29 is 19.1 Å². The van der Waals surface area contributed by atoms with Crippen LogP contribution in [0.4, 0.5) is 0 Å². The molecule has 1 aromatic rings. The van der Waals surface area contributed by atoms with Crippen LogP contribution in [-0.2, 0) is 14.4 Å². The SMILES string of the molecule is Cc1cccc(C)c1OC(=O)CCN1C(=O)[C@@H]2[C@@H]3C=C[C@@H]([C@@H]4C[C@H]34)[C@@H]2C1=O. The molecule has 1 aromatic carbocycles. The summed E-state index contributed by atoms with van der Waals surface area (Å²) in [5.74, 6) is 1.19. The fraction of sp³-hybridized carbons (Fsp3) is 0.500. The van der Waals surface area contributed by atoms with E-state index >= 15 is 0 Å². The second-order valence-corrected chi connectivity index (χ2v) is 8.43. The highest BCUT2D eigenvalue weighted by atomic mass is 16.5. The van der Waals surface area contributed by atoms with Gasteiger partial charge in [-0.05, 0) is 55.1 Å². The minimum atomic E-state index is -0.410. The van der Waals surface area contributed by atoms with Crippen LogP contribution in [0.15, 0.2) is 30.4 Å². The van der Waals surface area contributed by atoms with Crippen molar-refractivity contribution in [3.8, 4) is 5.75 Å². The van der Waals surface area contributed by atoms with Gasteiger partial charge in [0.2, 0.25) is 11.8 Å². The molecule has 0 N–H and O–H groups in total. The predicted molar refractivity (Wildman–Crippen MR) is 97.6 cm³/mol. The van der Waals surface area contributed by atoms with Gasteiger partial charge in [0, 0.05) is 6.54 Å².